The Kier molecular flexibility index (Phi) is 6.93. The molecule has 0 aromatic rings. The maximum absolute atomic E-state index is 10.8. The minimum atomic E-state index is -1.57. The highest BCUT2D eigenvalue weighted by molar-refractivity contribution is 8.50. The molecule has 0 amide bonds. The van der Waals surface area contributed by atoms with Crippen LogP contribution in [0.3, 0.4) is 0 Å². The molecule has 1 unspecified atom stereocenters. The largest absolute Gasteiger partial charge is 0.586 e. The lowest BCUT2D eigenvalue weighted by molar-refractivity contribution is 0.383. The molecule has 0 aliphatic carbocycles. The molecule has 10 heavy (non-hydrogen) atoms. The summed E-state index contributed by atoms with van der Waals surface area (Å²) in [6.07, 6.45) is 3.26. The predicted octanol–water partition coefficient (Wildman–Crippen LogP) is 2.77. The average Bonchev–Trinajstić information content (AvgIpc) is 1.97. The van der Waals surface area contributed by atoms with Gasteiger partial charge in [-0.25, -0.2) is 0 Å². The summed E-state index contributed by atoms with van der Waals surface area (Å²) < 4.78 is 15.6. The van der Waals surface area contributed by atoms with Crippen molar-refractivity contribution in [2.75, 3.05) is 12.4 Å². The second-order valence-electron chi connectivity index (χ2n) is 1.39. The highest BCUT2D eigenvalue weighted by atomic mass is 32.7. The molecule has 0 heterocycles. The fourth-order valence-electron chi connectivity index (χ4n) is 0.264. The zero-order chi connectivity index (χ0) is 7.82. The van der Waals surface area contributed by atoms with E-state index in [1.54, 1.807) is 12.2 Å². The molecule has 0 radical (unpaired) electrons. The van der Waals surface area contributed by atoms with Crippen molar-refractivity contribution in [3.05, 3.63) is 25.3 Å². The Balaban J connectivity index is 3.24. The highest BCUT2D eigenvalue weighted by Crippen LogP contribution is 2.38. The third-order valence-electron chi connectivity index (χ3n) is 0.596. The first-order valence-electron chi connectivity index (χ1n) is 2.76. The topological polar surface area (TPSA) is 26.3 Å². The van der Waals surface area contributed by atoms with Gasteiger partial charge in [0.25, 0.3) is 0 Å². The first-order valence-corrected chi connectivity index (χ1v) is 5.53. The van der Waals surface area contributed by atoms with Crippen LogP contribution in [0.15, 0.2) is 25.3 Å². The van der Waals surface area contributed by atoms with Crippen molar-refractivity contribution in [1.82, 2.24) is 0 Å². The molecule has 2 nitrogen and oxygen atoms in total. The highest BCUT2D eigenvalue weighted by Gasteiger charge is 2.16. The zero-order valence-corrected chi connectivity index (χ0v) is 7.37. The van der Waals surface area contributed by atoms with Gasteiger partial charge in [-0.1, -0.05) is 12.2 Å². The van der Waals surface area contributed by atoms with E-state index < -0.39 is 7.23 Å². The van der Waals surface area contributed by atoms with Crippen LogP contribution in [0.2, 0.25) is 0 Å². The van der Waals surface area contributed by atoms with E-state index >= 15 is 0 Å². The molecule has 0 N–H and O–H groups in total. The van der Waals surface area contributed by atoms with Crippen LogP contribution in [0.25, 0.3) is 0 Å². The van der Waals surface area contributed by atoms with Crippen molar-refractivity contribution in [2.24, 2.45) is 0 Å². The molecule has 0 aromatic carbocycles. The fraction of sp³-hybridized carbons (Fsp3) is 0.333. The quantitative estimate of drug-likeness (QED) is 0.461. The van der Waals surface area contributed by atoms with Gasteiger partial charge in [0.05, 0.1) is 5.75 Å². The van der Waals surface area contributed by atoms with Crippen LogP contribution in [-0.4, -0.2) is 12.4 Å². The van der Waals surface area contributed by atoms with E-state index in [2.05, 4.69) is 13.2 Å². The predicted molar refractivity (Wildman–Crippen MR) is 46.4 cm³/mol. The first-order chi connectivity index (χ1) is 4.81. The molecule has 0 aliphatic rings. The SMILES string of the molecule is C=CCO[P+](=O)SCC=C. The molecule has 0 saturated heterocycles. The van der Waals surface area contributed by atoms with E-state index in [1.807, 2.05) is 0 Å². The summed E-state index contributed by atoms with van der Waals surface area (Å²) in [5, 5.41) is 0. The molecule has 0 saturated carbocycles. The Hall–Kier alpha value is -0.110. The second-order valence-corrected chi connectivity index (χ2v) is 4.36. The Morgan fingerprint density at radius 2 is 2.20 bits per heavy atom. The monoisotopic (exact) mass is 177 g/mol. The first kappa shape index (κ1) is 9.89. The number of hydrogen-bond acceptors (Lipinski definition) is 3. The summed E-state index contributed by atoms with van der Waals surface area (Å²) in [7, 11) is -1.57. The van der Waals surface area contributed by atoms with Crippen LogP contribution in [0, 0.1) is 0 Å². The molecule has 1 atom stereocenters. The van der Waals surface area contributed by atoms with Crippen LogP contribution in [-0.2, 0) is 9.09 Å². The molecule has 0 rings (SSSR count). The van der Waals surface area contributed by atoms with Gasteiger partial charge in [-0.15, -0.1) is 17.7 Å². The summed E-state index contributed by atoms with van der Waals surface area (Å²) in [5.74, 6) is 0.659. The van der Waals surface area contributed by atoms with E-state index in [-0.39, 0.29) is 0 Å². The van der Waals surface area contributed by atoms with Crippen LogP contribution in [0.4, 0.5) is 0 Å². The van der Waals surface area contributed by atoms with Gasteiger partial charge in [0.15, 0.2) is 11.4 Å². The van der Waals surface area contributed by atoms with Gasteiger partial charge in [-0.3, -0.25) is 0 Å². The van der Waals surface area contributed by atoms with Crippen LogP contribution in [0.1, 0.15) is 0 Å². The van der Waals surface area contributed by atoms with Gasteiger partial charge in [0, 0.05) is 0 Å². The van der Waals surface area contributed by atoms with Gasteiger partial charge >= 0.3 is 7.23 Å². The van der Waals surface area contributed by atoms with Crippen molar-refractivity contribution < 1.29 is 9.09 Å². The fourth-order valence-corrected chi connectivity index (χ4v) is 1.88. The van der Waals surface area contributed by atoms with E-state index in [4.69, 9.17) is 4.52 Å². The third kappa shape index (κ3) is 6.02. The summed E-state index contributed by atoms with van der Waals surface area (Å²) in [6, 6.07) is 0. The van der Waals surface area contributed by atoms with E-state index in [0.29, 0.717) is 12.4 Å². The van der Waals surface area contributed by atoms with Crippen molar-refractivity contribution in [1.29, 1.82) is 0 Å². The van der Waals surface area contributed by atoms with Crippen molar-refractivity contribution in [3.8, 4) is 0 Å². The number of hydrogen-bond donors (Lipinski definition) is 0. The van der Waals surface area contributed by atoms with Crippen LogP contribution < -0.4 is 0 Å². The molecule has 4 heteroatoms. The standard InChI is InChI=1S/C6H10O2PS/c1-3-5-8-9(7)10-6-4-2/h3-4H,1-2,5-6H2/q+1. The summed E-state index contributed by atoms with van der Waals surface area (Å²) in [5.41, 5.74) is 0. The zero-order valence-electron chi connectivity index (χ0n) is 5.66. The van der Waals surface area contributed by atoms with E-state index in [0.717, 1.165) is 0 Å². The smallest absolute Gasteiger partial charge is 0.132 e. The van der Waals surface area contributed by atoms with E-state index in [9.17, 15) is 4.57 Å². The molecular weight excluding hydrogens is 167 g/mol. The Morgan fingerprint density at radius 1 is 1.50 bits per heavy atom. The molecule has 0 aliphatic heterocycles. The average molecular weight is 177 g/mol. The Morgan fingerprint density at radius 3 is 2.70 bits per heavy atom. The lowest BCUT2D eigenvalue weighted by Gasteiger charge is -1.79. The molecule has 56 valence electrons. The Labute approximate surface area is 66.0 Å². The van der Waals surface area contributed by atoms with Gasteiger partial charge in [0.1, 0.15) is 6.61 Å². The number of rotatable bonds is 6. The lowest BCUT2D eigenvalue weighted by Crippen LogP contribution is -1.76. The lowest BCUT2D eigenvalue weighted by atomic mass is 10.7. The summed E-state index contributed by atoms with van der Waals surface area (Å²) in [4.78, 5) is 0. The molecule has 0 fully saturated rings. The molecule has 0 bridgehead atoms. The van der Waals surface area contributed by atoms with Gasteiger partial charge in [-0.05, 0) is 4.57 Å². The summed E-state index contributed by atoms with van der Waals surface area (Å²) in [6.45, 7) is 7.26. The maximum Gasteiger partial charge on any atom is 0.586 e. The van der Waals surface area contributed by atoms with Crippen LogP contribution in [0.5, 0.6) is 0 Å². The molecular formula is C6H10O2PS+. The van der Waals surface area contributed by atoms with Gasteiger partial charge in [-0.2, -0.15) is 0 Å². The molecule has 0 aromatic heterocycles. The van der Waals surface area contributed by atoms with Crippen molar-refractivity contribution in [2.45, 2.75) is 0 Å². The van der Waals surface area contributed by atoms with Crippen molar-refractivity contribution >= 4 is 18.6 Å². The third-order valence-corrected chi connectivity index (χ3v) is 2.95. The Bertz CT molecular complexity index is 122. The van der Waals surface area contributed by atoms with Gasteiger partial charge in [0.2, 0.25) is 0 Å². The second kappa shape index (κ2) is 7.00. The van der Waals surface area contributed by atoms with Crippen molar-refractivity contribution in [3.63, 3.8) is 0 Å². The summed E-state index contributed by atoms with van der Waals surface area (Å²) >= 11 is 1.24. The minimum Gasteiger partial charge on any atom is -0.132 e. The molecule has 0 spiro atoms. The minimum absolute atomic E-state index is 0.347. The normalized spacial score (nSPS) is 10.6. The van der Waals surface area contributed by atoms with E-state index in [1.165, 1.54) is 11.4 Å². The maximum atomic E-state index is 10.8. The van der Waals surface area contributed by atoms with Gasteiger partial charge < -0.3 is 0 Å². The van der Waals surface area contributed by atoms with Crippen LogP contribution >= 0.6 is 18.6 Å².